The van der Waals surface area contributed by atoms with Gasteiger partial charge in [0.1, 0.15) is 5.52 Å². The predicted octanol–water partition coefficient (Wildman–Crippen LogP) is 1.53. The van der Waals surface area contributed by atoms with Gasteiger partial charge in [-0.3, -0.25) is 14.9 Å². The average molecular weight is 217 g/mol. The molecule has 82 valence electrons. The number of carbonyl (C=O) groups excluding carboxylic acids is 1. The van der Waals surface area contributed by atoms with Crippen molar-refractivity contribution in [3.05, 3.63) is 30.1 Å². The molecule has 5 nitrogen and oxygen atoms in total. The molecule has 16 heavy (non-hydrogen) atoms. The first-order valence-corrected chi connectivity index (χ1v) is 4.82. The van der Waals surface area contributed by atoms with E-state index < -0.39 is 0 Å². The van der Waals surface area contributed by atoms with E-state index in [-0.39, 0.29) is 12.4 Å². The van der Waals surface area contributed by atoms with Crippen molar-refractivity contribution in [2.24, 2.45) is 0 Å². The molecule has 2 aromatic heterocycles. The minimum atomic E-state index is -0.258. The fraction of sp³-hybridized carbons (Fsp3) is 0.182. The van der Waals surface area contributed by atoms with Crippen LogP contribution in [0, 0.1) is 0 Å². The molecule has 2 aromatic rings. The summed E-state index contributed by atoms with van der Waals surface area (Å²) in [6, 6.07) is 1.92. The molecule has 2 heterocycles. The third kappa shape index (κ3) is 2.25. The SMILES string of the molecule is COC(=O)CC=Cc1cnc2cn[nH]c2c1. The van der Waals surface area contributed by atoms with E-state index in [1.807, 2.05) is 12.1 Å². The number of fused-ring (bicyclic) bond motifs is 1. The largest absolute Gasteiger partial charge is 0.469 e. The first-order valence-electron chi connectivity index (χ1n) is 4.82. The fourth-order valence-electron chi connectivity index (χ4n) is 1.31. The molecule has 0 unspecified atom stereocenters. The zero-order valence-electron chi connectivity index (χ0n) is 8.80. The number of nitrogens with zero attached hydrogens (tertiary/aromatic N) is 2. The number of aromatic amines is 1. The van der Waals surface area contributed by atoms with Gasteiger partial charge in [-0.25, -0.2) is 0 Å². The number of nitrogens with one attached hydrogen (secondary N) is 1. The molecular formula is C11H11N3O2. The third-order valence-corrected chi connectivity index (χ3v) is 2.13. The summed E-state index contributed by atoms with van der Waals surface area (Å²) in [7, 11) is 1.37. The van der Waals surface area contributed by atoms with Crippen molar-refractivity contribution in [1.82, 2.24) is 15.2 Å². The van der Waals surface area contributed by atoms with Gasteiger partial charge >= 0.3 is 5.97 Å². The average Bonchev–Trinajstić information content (AvgIpc) is 2.76. The Morgan fingerprint density at radius 3 is 3.25 bits per heavy atom. The third-order valence-electron chi connectivity index (χ3n) is 2.13. The predicted molar refractivity (Wildman–Crippen MR) is 59.6 cm³/mol. The van der Waals surface area contributed by atoms with E-state index >= 15 is 0 Å². The highest BCUT2D eigenvalue weighted by molar-refractivity contribution is 5.76. The molecule has 0 saturated heterocycles. The van der Waals surface area contributed by atoms with Crippen molar-refractivity contribution in [2.45, 2.75) is 6.42 Å². The van der Waals surface area contributed by atoms with Crippen molar-refractivity contribution in [3.8, 4) is 0 Å². The van der Waals surface area contributed by atoms with Crippen LogP contribution in [0.4, 0.5) is 0 Å². The zero-order chi connectivity index (χ0) is 11.4. The van der Waals surface area contributed by atoms with Gasteiger partial charge < -0.3 is 4.74 Å². The van der Waals surface area contributed by atoms with Gasteiger partial charge in [0, 0.05) is 6.20 Å². The standard InChI is InChI=1S/C11H11N3O2/c1-16-11(15)4-2-3-8-5-9-10(12-6-8)7-13-14-9/h2-3,5-7H,4H2,1H3,(H,13,14). The molecule has 0 spiro atoms. The topological polar surface area (TPSA) is 67.9 Å². The van der Waals surface area contributed by atoms with Crippen LogP contribution in [0.25, 0.3) is 17.1 Å². The highest BCUT2D eigenvalue weighted by atomic mass is 16.5. The normalized spacial score (nSPS) is 11.1. The van der Waals surface area contributed by atoms with E-state index in [0.717, 1.165) is 16.6 Å². The molecule has 0 radical (unpaired) electrons. The monoisotopic (exact) mass is 217 g/mol. The Labute approximate surface area is 92.1 Å². The first kappa shape index (κ1) is 10.4. The summed E-state index contributed by atoms with van der Waals surface area (Å²) >= 11 is 0. The van der Waals surface area contributed by atoms with Crippen LogP contribution >= 0.6 is 0 Å². The summed E-state index contributed by atoms with van der Waals surface area (Å²) in [4.78, 5) is 15.1. The molecule has 0 fully saturated rings. The maximum atomic E-state index is 10.9. The molecule has 0 saturated carbocycles. The Balaban J connectivity index is 2.11. The minimum Gasteiger partial charge on any atom is -0.469 e. The lowest BCUT2D eigenvalue weighted by Gasteiger charge is -1.94. The van der Waals surface area contributed by atoms with Gasteiger partial charge in [0.05, 0.1) is 25.2 Å². The fourth-order valence-corrected chi connectivity index (χ4v) is 1.31. The molecule has 1 N–H and O–H groups in total. The van der Waals surface area contributed by atoms with Gasteiger partial charge in [-0.1, -0.05) is 12.2 Å². The lowest BCUT2D eigenvalue weighted by molar-refractivity contribution is -0.139. The van der Waals surface area contributed by atoms with E-state index in [1.165, 1.54) is 7.11 Å². The van der Waals surface area contributed by atoms with Crippen LogP contribution in [0.2, 0.25) is 0 Å². The molecule has 2 rings (SSSR count). The first-order chi connectivity index (χ1) is 7.79. The van der Waals surface area contributed by atoms with Crippen LogP contribution in [0.1, 0.15) is 12.0 Å². The molecule has 5 heteroatoms. The molecule has 0 aliphatic heterocycles. The highest BCUT2D eigenvalue weighted by Crippen LogP contribution is 2.10. The Bertz CT molecular complexity index is 531. The van der Waals surface area contributed by atoms with Gasteiger partial charge in [0.2, 0.25) is 0 Å². The lowest BCUT2D eigenvalue weighted by atomic mass is 10.2. The zero-order valence-corrected chi connectivity index (χ0v) is 8.80. The van der Waals surface area contributed by atoms with Gasteiger partial charge in [0.15, 0.2) is 0 Å². The Morgan fingerprint density at radius 1 is 1.56 bits per heavy atom. The van der Waals surface area contributed by atoms with E-state index in [0.29, 0.717) is 0 Å². The van der Waals surface area contributed by atoms with Crippen LogP contribution in [0.15, 0.2) is 24.5 Å². The second-order valence-corrected chi connectivity index (χ2v) is 3.25. The summed E-state index contributed by atoms with van der Waals surface area (Å²) in [6.07, 6.45) is 7.22. The molecular weight excluding hydrogens is 206 g/mol. The van der Waals surface area contributed by atoms with Gasteiger partial charge in [0.25, 0.3) is 0 Å². The second kappa shape index (κ2) is 4.57. The highest BCUT2D eigenvalue weighted by Gasteiger charge is 1.97. The van der Waals surface area contributed by atoms with Crippen molar-refractivity contribution in [3.63, 3.8) is 0 Å². The Morgan fingerprint density at radius 2 is 2.44 bits per heavy atom. The van der Waals surface area contributed by atoms with Gasteiger partial charge in [-0.2, -0.15) is 5.10 Å². The smallest absolute Gasteiger partial charge is 0.309 e. The van der Waals surface area contributed by atoms with Crippen LogP contribution in [0.3, 0.4) is 0 Å². The Hall–Kier alpha value is -2.17. The Kier molecular flexibility index (Phi) is 2.95. The maximum Gasteiger partial charge on any atom is 0.309 e. The molecule has 0 aliphatic rings. The van der Waals surface area contributed by atoms with E-state index in [1.54, 1.807) is 18.5 Å². The van der Waals surface area contributed by atoms with Crippen LogP contribution in [-0.2, 0) is 9.53 Å². The van der Waals surface area contributed by atoms with Crippen molar-refractivity contribution >= 4 is 23.1 Å². The van der Waals surface area contributed by atoms with Crippen molar-refractivity contribution in [2.75, 3.05) is 7.11 Å². The molecule has 0 atom stereocenters. The summed E-state index contributed by atoms with van der Waals surface area (Å²) in [5.41, 5.74) is 2.62. The number of pyridine rings is 1. The quantitative estimate of drug-likeness (QED) is 0.792. The van der Waals surface area contributed by atoms with E-state index in [9.17, 15) is 4.79 Å². The van der Waals surface area contributed by atoms with Gasteiger partial charge in [-0.15, -0.1) is 0 Å². The number of hydrogen-bond acceptors (Lipinski definition) is 4. The van der Waals surface area contributed by atoms with Gasteiger partial charge in [-0.05, 0) is 11.6 Å². The second-order valence-electron chi connectivity index (χ2n) is 3.25. The molecule has 0 amide bonds. The minimum absolute atomic E-state index is 0.258. The van der Waals surface area contributed by atoms with E-state index in [2.05, 4.69) is 19.9 Å². The number of methoxy groups -OCH3 is 1. The molecule has 0 aromatic carbocycles. The summed E-state index contributed by atoms with van der Waals surface area (Å²) < 4.78 is 4.52. The van der Waals surface area contributed by atoms with Crippen LogP contribution < -0.4 is 0 Å². The summed E-state index contributed by atoms with van der Waals surface area (Å²) in [5, 5.41) is 6.71. The maximum absolute atomic E-state index is 10.9. The molecule has 0 aliphatic carbocycles. The van der Waals surface area contributed by atoms with E-state index in [4.69, 9.17) is 0 Å². The number of aromatic nitrogens is 3. The van der Waals surface area contributed by atoms with Crippen molar-refractivity contribution < 1.29 is 9.53 Å². The number of esters is 1. The van der Waals surface area contributed by atoms with Crippen molar-refractivity contribution in [1.29, 1.82) is 0 Å². The lowest BCUT2D eigenvalue weighted by Crippen LogP contribution is -1.96. The summed E-state index contributed by atoms with van der Waals surface area (Å²) in [6.45, 7) is 0. The van der Waals surface area contributed by atoms with Crippen LogP contribution in [0.5, 0.6) is 0 Å². The number of ether oxygens (including phenoxy) is 1. The van der Waals surface area contributed by atoms with Crippen LogP contribution in [-0.4, -0.2) is 28.3 Å². The number of H-pyrrole nitrogens is 1. The number of rotatable bonds is 3. The summed E-state index contributed by atoms with van der Waals surface area (Å²) in [5.74, 6) is -0.258. The number of carbonyl (C=O) groups is 1. The number of hydrogen-bond donors (Lipinski definition) is 1. The molecule has 0 bridgehead atoms.